The van der Waals surface area contributed by atoms with Crippen LogP contribution in [0.15, 0.2) is 24.3 Å². The van der Waals surface area contributed by atoms with Gasteiger partial charge in [0.1, 0.15) is 10.8 Å². The van der Waals surface area contributed by atoms with Crippen LogP contribution in [0.25, 0.3) is 10.6 Å². The third-order valence-corrected chi connectivity index (χ3v) is 3.43. The number of benzene rings is 1. The van der Waals surface area contributed by atoms with Crippen LogP contribution in [0.5, 0.6) is 5.75 Å². The van der Waals surface area contributed by atoms with Gasteiger partial charge in [-0.3, -0.25) is 0 Å². The van der Waals surface area contributed by atoms with Gasteiger partial charge in [0.05, 0.1) is 6.61 Å². The third-order valence-electron chi connectivity index (χ3n) is 2.52. The largest absolute Gasteiger partial charge is 0.493 e. The first-order valence-electron chi connectivity index (χ1n) is 6.88. The van der Waals surface area contributed by atoms with Crippen LogP contribution in [0, 0.1) is 5.92 Å². The topological polar surface area (TPSA) is 47.0 Å². The summed E-state index contributed by atoms with van der Waals surface area (Å²) in [6.07, 6.45) is 0. The highest BCUT2D eigenvalue weighted by Crippen LogP contribution is 2.28. The monoisotopic (exact) mass is 291 g/mol. The smallest absolute Gasteiger partial charge is 0.206 e. The molecular formula is C15H21N3OS. The Kier molecular flexibility index (Phi) is 4.95. The van der Waals surface area contributed by atoms with Gasteiger partial charge in [-0.1, -0.05) is 25.2 Å². The Morgan fingerprint density at radius 3 is 2.40 bits per heavy atom. The lowest BCUT2D eigenvalue weighted by Crippen LogP contribution is -2.08. The average molecular weight is 291 g/mol. The molecule has 0 aliphatic rings. The molecule has 5 heteroatoms. The van der Waals surface area contributed by atoms with Crippen molar-refractivity contribution >= 4 is 16.5 Å². The second-order valence-corrected chi connectivity index (χ2v) is 6.42. The average Bonchev–Trinajstić information content (AvgIpc) is 2.84. The van der Waals surface area contributed by atoms with Crippen LogP contribution >= 0.6 is 11.3 Å². The normalized spacial score (nSPS) is 11.1. The predicted octanol–water partition coefficient (Wildman–Crippen LogP) is 4.06. The van der Waals surface area contributed by atoms with Gasteiger partial charge in [0, 0.05) is 11.6 Å². The van der Waals surface area contributed by atoms with Gasteiger partial charge in [-0.05, 0) is 44.0 Å². The number of aromatic nitrogens is 2. The predicted molar refractivity (Wildman–Crippen MR) is 84.4 cm³/mol. The molecule has 108 valence electrons. The third kappa shape index (κ3) is 4.20. The minimum atomic E-state index is 0.364. The number of ether oxygens (including phenoxy) is 1. The Bertz CT molecular complexity index is 534. The molecule has 0 saturated carbocycles. The zero-order chi connectivity index (χ0) is 14.5. The van der Waals surface area contributed by atoms with Crippen LogP contribution in [0.2, 0.25) is 0 Å². The summed E-state index contributed by atoms with van der Waals surface area (Å²) in [5.41, 5.74) is 1.07. The summed E-state index contributed by atoms with van der Waals surface area (Å²) in [5, 5.41) is 13.4. The molecule has 0 bridgehead atoms. The van der Waals surface area contributed by atoms with E-state index in [-0.39, 0.29) is 0 Å². The summed E-state index contributed by atoms with van der Waals surface area (Å²) in [7, 11) is 0. The van der Waals surface area contributed by atoms with E-state index in [1.165, 1.54) is 0 Å². The molecule has 0 unspecified atom stereocenters. The van der Waals surface area contributed by atoms with Crippen LogP contribution < -0.4 is 10.1 Å². The van der Waals surface area contributed by atoms with Gasteiger partial charge in [0.2, 0.25) is 5.13 Å². The fourth-order valence-electron chi connectivity index (χ4n) is 1.60. The van der Waals surface area contributed by atoms with Crippen LogP contribution in [-0.2, 0) is 0 Å². The van der Waals surface area contributed by atoms with E-state index in [1.807, 2.05) is 24.3 Å². The molecule has 1 aromatic carbocycles. The van der Waals surface area contributed by atoms with Crippen molar-refractivity contribution in [2.24, 2.45) is 5.92 Å². The standard InChI is InChI=1S/C15H21N3OS/c1-10(2)9-19-13-7-5-12(6-8-13)14-17-18-15(20-14)16-11(3)4/h5-8,10-11H,9H2,1-4H3,(H,16,18). The van der Waals surface area contributed by atoms with Crippen molar-refractivity contribution in [1.82, 2.24) is 10.2 Å². The van der Waals surface area contributed by atoms with Crippen LogP contribution in [0.3, 0.4) is 0 Å². The molecule has 20 heavy (non-hydrogen) atoms. The second kappa shape index (κ2) is 6.70. The lowest BCUT2D eigenvalue weighted by atomic mass is 10.2. The number of hydrogen-bond donors (Lipinski definition) is 1. The number of nitrogens with one attached hydrogen (secondary N) is 1. The molecule has 0 fully saturated rings. The Morgan fingerprint density at radius 1 is 1.10 bits per heavy atom. The van der Waals surface area contributed by atoms with Crippen LogP contribution in [-0.4, -0.2) is 22.8 Å². The Morgan fingerprint density at radius 2 is 1.80 bits per heavy atom. The van der Waals surface area contributed by atoms with Crippen LogP contribution in [0.4, 0.5) is 5.13 Å². The number of hydrogen-bond acceptors (Lipinski definition) is 5. The Labute approximate surface area is 124 Å². The van der Waals surface area contributed by atoms with E-state index in [9.17, 15) is 0 Å². The lowest BCUT2D eigenvalue weighted by Gasteiger charge is -2.08. The Hall–Kier alpha value is -1.62. The summed E-state index contributed by atoms with van der Waals surface area (Å²) in [6, 6.07) is 8.37. The molecule has 2 aromatic rings. The van der Waals surface area contributed by atoms with Gasteiger partial charge in [0.15, 0.2) is 0 Å². The molecule has 0 aliphatic carbocycles. The van der Waals surface area contributed by atoms with Gasteiger partial charge in [-0.2, -0.15) is 0 Å². The summed E-state index contributed by atoms with van der Waals surface area (Å²) in [6.45, 7) is 9.18. The van der Waals surface area contributed by atoms with E-state index < -0.39 is 0 Å². The van der Waals surface area contributed by atoms with Crippen molar-refractivity contribution in [1.29, 1.82) is 0 Å². The van der Waals surface area contributed by atoms with Gasteiger partial charge >= 0.3 is 0 Å². The molecule has 0 radical (unpaired) electrons. The fraction of sp³-hybridized carbons (Fsp3) is 0.467. The molecule has 4 nitrogen and oxygen atoms in total. The van der Waals surface area contributed by atoms with Crippen molar-refractivity contribution in [3.05, 3.63) is 24.3 Å². The minimum absolute atomic E-state index is 0.364. The first-order valence-corrected chi connectivity index (χ1v) is 7.69. The van der Waals surface area contributed by atoms with E-state index in [1.54, 1.807) is 11.3 Å². The fourth-order valence-corrected chi connectivity index (χ4v) is 2.50. The molecular weight excluding hydrogens is 270 g/mol. The van der Waals surface area contributed by atoms with Gasteiger partial charge < -0.3 is 10.1 Å². The van der Waals surface area contributed by atoms with E-state index in [2.05, 4.69) is 43.2 Å². The molecule has 0 spiro atoms. The molecule has 0 amide bonds. The first kappa shape index (κ1) is 14.8. The zero-order valence-electron chi connectivity index (χ0n) is 12.4. The molecule has 0 atom stereocenters. The summed E-state index contributed by atoms with van der Waals surface area (Å²) in [4.78, 5) is 0. The number of rotatable bonds is 6. The molecule has 1 heterocycles. The van der Waals surface area contributed by atoms with Crippen molar-refractivity contribution in [2.45, 2.75) is 33.7 Å². The van der Waals surface area contributed by atoms with E-state index in [0.29, 0.717) is 12.0 Å². The van der Waals surface area contributed by atoms with Gasteiger partial charge in [0.25, 0.3) is 0 Å². The van der Waals surface area contributed by atoms with Crippen molar-refractivity contribution in [3.8, 4) is 16.3 Å². The van der Waals surface area contributed by atoms with Gasteiger partial charge in [-0.15, -0.1) is 10.2 Å². The summed E-state index contributed by atoms with van der Waals surface area (Å²) >= 11 is 1.56. The number of anilines is 1. The molecule has 1 aromatic heterocycles. The minimum Gasteiger partial charge on any atom is -0.493 e. The highest BCUT2D eigenvalue weighted by atomic mass is 32.1. The second-order valence-electron chi connectivity index (χ2n) is 5.44. The SMILES string of the molecule is CC(C)COc1ccc(-c2nnc(NC(C)C)s2)cc1. The van der Waals surface area contributed by atoms with E-state index >= 15 is 0 Å². The maximum atomic E-state index is 5.67. The highest BCUT2D eigenvalue weighted by Gasteiger charge is 2.07. The van der Waals surface area contributed by atoms with E-state index in [4.69, 9.17) is 4.74 Å². The summed E-state index contributed by atoms with van der Waals surface area (Å²) < 4.78 is 5.67. The quantitative estimate of drug-likeness (QED) is 0.872. The maximum absolute atomic E-state index is 5.67. The zero-order valence-corrected chi connectivity index (χ0v) is 13.2. The lowest BCUT2D eigenvalue weighted by molar-refractivity contribution is 0.271. The molecule has 0 saturated heterocycles. The highest BCUT2D eigenvalue weighted by molar-refractivity contribution is 7.18. The van der Waals surface area contributed by atoms with E-state index in [0.717, 1.165) is 28.1 Å². The molecule has 1 N–H and O–H groups in total. The first-order chi connectivity index (χ1) is 9.54. The number of nitrogens with zero attached hydrogens (tertiary/aromatic N) is 2. The van der Waals surface area contributed by atoms with Crippen molar-refractivity contribution in [2.75, 3.05) is 11.9 Å². The summed E-state index contributed by atoms with van der Waals surface area (Å²) in [5.74, 6) is 1.43. The van der Waals surface area contributed by atoms with Crippen LogP contribution in [0.1, 0.15) is 27.7 Å². The molecule has 0 aliphatic heterocycles. The van der Waals surface area contributed by atoms with Crippen molar-refractivity contribution in [3.63, 3.8) is 0 Å². The Balaban J connectivity index is 2.04. The molecule has 2 rings (SSSR count). The van der Waals surface area contributed by atoms with Gasteiger partial charge in [-0.25, -0.2) is 0 Å². The van der Waals surface area contributed by atoms with Crippen molar-refractivity contribution < 1.29 is 4.74 Å². The maximum Gasteiger partial charge on any atom is 0.206 e.